The van der Waals surface area contributed by atoms with E-state index in [-0.39, 0.29) is 29.8 Å². The lowest BCUT2D eigenvalue weighted by Crippen LogP contribution is -2.58. The van der Waals surface area contributed by atoms with Gasteiger partial charge in [0.2, 0.25) is 5.95 Å². The summed E-state index contributed by atoms with van der Waals surface area (Å²) in [4.78, 5) is 32.2. The number of likely N-dealkylation sites (tertiary alicyclic amines) is 1. The molecule has 2 aromatic carbocycles. The highest BCUT2D eigenvalue weighted by Crippen LogP contribution is 2.60. The van der Waals surface area contributed by atoms with E-state index >= 15 is 0 Å². The van der Waals surface area contributed by atoms with Gasteiger partial charge in [0.05, 0.1) is 33.7 Å². The first-order chi connectivity index (χ1) is 16.6. The Bertz CT molecular complexity index is 1440. The molecule has 7 rings (SSSR count). The molecule has 3 fully saturated rings. The van der Waals surface area contributed by atoms with Gasteiger partial charge in [0.1, 0.15) is 11.5 Å². The molecule has 6 nitrogen and oxygen atoms in total. The zero-order chi connectivity index (χ0) is 23.0. The topological polar surface area (TPSA) is 62.2 Å². The third kappa shape index (κ3) is 2.78. The van der Waals surface area contributed by atoms with Crippen LogP contribution in [0.5, 0.6) is 0 Å². The molecule has 0 spiro atoms. The van der Waals surface area contributed by atoms with Crippen molar-refractivity contribution in [3.05, 3.63) is 83.4 Å². The molecule has 1 amide bonds. The monoisotopic (exact) mass is 469 g/mol. The number of carbonyl (C=O) groups is 1. The van der Waals surface area contributed by atoms with Crippen molar-refractivity contribution in [3.63, 3.8) is 0 Å². The number of anilines is 1. The quantitative estimate of drug-likeness (QED) is 0.443. The minimum atomic E-state index is -0.338. The highest BCUT2D eigenvalue weighted by Gasteiger charge is 2.77. The molecule has 4 atom stereocenters. The first-order valence-corrected chi connectivity index (χ1v) is 12.1. The fourth-order valence-corrected chi connectivity index (χ4v) is 6.55. The number of amides is 1. The third-order valence-electron chi connectivity index (χ3n) is 7.12. The summed E-state index contributed by atoms with van der Waals surface area (Å²) in [6.45, 7) is 2.46. The fourth-order valence-electron chi connectivity index (χ4n) is 5.62. The van der Waals surface area contributed by atoms with Gasteiger partial charge >= 0.3 is 0 Å². The second-order valence-electron chi connectivity index (χ2n) is 8.99. The molecule has 3 aliphatic rings. The molecule has 0 bridgehead atoms. The Morgan fingerprint density at radius 2 is 1.82 bits per heavy atom. The lowest BCUT2D eigenvalue weighted by Gasteiger charge is -2.42. The van der Waals surface area contributed by atoms with E-state index in [0.717, 1.165) is 22.2 Å². The number of halogens is 1. The van der Waals surface area contributed by atoms with Crippen LogP contribution >= 0.6 is 11.3 Å². The van der Waals surface area contributed by atoms with Crippen molar-refractivity contribution in [3.8, 4) is 21.7 Å². The maximum absolute atomic E-state index is 14.5. The smallest absolute Gasteiger partial charge is 0.274 e. The van der Waals surface area contributed by atoms with Crippen molar-refractivity contribution >= 4 is 23.2 Å². The predicted molar refractivity (Wildman–Crippen MR) is 128 cm³/mol. The Kier molecular flexibility index (Phi) is 4.17. The molecule has 4 aromatic rings. The molecule has 1 saturated carbocycles. The van der Waals surface area contributed by atoms with Gasteiger partial charge in [0.15, 0.2) is 0 Å². The number of piperazine rings is 1. The average Bonchev–Trinajstić information content (AvgIpc) is 3.14. The Morgan fingerprint density at radius 1 is 1.03 bits per heavy atom. The first-order valence-electron chi connectivity index (χ1n) is 11.3. The average molecular weight is 470 g/mol. The summed E-state index contributed by atoms with van der Waals surface area (Å²) in [6, 6.07) is 19.1. The standard InChI is InChI=1S/C26H20FN5OS/c1-14-29-21(24(34-14)16-9-5-6-10-17(16)27)25(33)31-13-19-20-22(31)23(20)32(19)26-28-12-11-18(30-26)15-7-3-2-4-8-15/h2-12,19-20,22-23H,13H2,1H3. The van der Waals surface area contributed by atoms with E-state index in [1.54, 1.807) is 24.4 Å². The molecule has 0 N–H and O–H groups in total. The molecule has 4 heterocycles. The maximum Gasteiger partial charge on any atom is 0.274 e. The predicted octanol–water partition coefficient (Wildman–Crippen LogP) is 4.43. The lowest BCUT2D eigenvalue weighted by atomic mass is 10.0. The number of aromatic nitrogens is 3. The van der Waals surface area contributed by atoms with Crippen molar-refractivity contribution < 1.29 is 9.18 Å². The summed E-state index contributed by atoms with van der Waals surface area (Å²) in [5, 5.41) is 0.756. The fraction of sp³-hybridized carbons (Fsp3) is 0.231. The van der Waals surface area contributed by atoms with Crippen LogP contribution in [0, 0.1) is 18.7 Å². The van der Waals surface area contributed by atoms with Crippen molar-refractivity contribution in [1.29, 1.82) is 0 Å². The van der Waals surface area contributed by atoms with E-state index in [1.165, 1.54) is 17.4 Å². The van der Waals surface area contributed by atoms with Gasteiger partial charge in [-0.15, -0.1) is 11.3 Å². The van der Waals surface area contributed by atoms with Gasteiger partial charge in [-0.2, -0.15) is 0 Å². The van der Waals surface area contributed by atoms with E-state index < -0.39 is 0 Å². The summed E-state index contributed by atoms with van der Waals surface area (Å²) >= 11 is 1.36. The maximum atomic E-state index is 14.5. The Labute approximate surface area is 199 Å². The number of thiazole rings is 1. The highest BCUT2D eigenvalue weighted by atomic mass is 32.1. The summed E-state index contributed by atoms with van der Waals surface area (Å²) in [5.41, 5.74) is 2.74. The molecule has 168 valence electrons. The summed E-state index contributed by atoms with van der Waals surface area (Å²) in [6.07, 6.45) is 1.80. The normalized spacial score (nSPS) is 24.1. The second kappa shape index (κ2) is 7.17. The van der Waals surface area contributed by atoms with E-state index in [9.17, 15) is 9.18 Å². The van der Waals surface area contributed by atoms with Crippen molar-refractivity contribution in [2.24, 2.45) is 5.92 Å². The van der Waals surface area contributed by atoms with Gasteiger partial charge in [-0.05, 0) is 19.1 Å². The van der Waals surface area contributed by atoms with E-state index in [1.807, 2.05) is 48.2 Å². The number of aryl methyl sites for hydroxylation is 1. The molecule has 1 aliphatic carbocycles. The Morgan fingerprint density at radius 3 is 2.59 bits per heavy atom. The number of piperidine rings is 1. The van der Waals surface area contributed by atoms with Gasteiger partial charge < -0.3 is 9.80 Å². The molecular weight excluding hydrogens is 449 g/mol. The number of hydrogen-bond acceptors (Lipinski definition) is 6. The summed E-state index contributed by atoms with van der Waals surface area (Å²) < 4.78 is 14.5. The molecule has 2 saturated heterocycles. The SMILES string of the molecule is Cc1nc(C(=O)N2CC3C4C2C4N3c2nccc(-c3ccccc3)n2)c(-c2ccccc2F)s1. The van der Waals surface area contributed by atoms with Crippen molar-refractivity contribution in [2.45, 2.75) is 25.0 Å². The number of hydrogen-bond donors (Lipinski definition) is 0. The van der Waals surface area contributed by atoms with E-state index in [4.69, 9.17) is 4.98 Å². The van der Waals surface area contributed by atoms with Crippen LogP contribution in [0.4, 0.5) is 10.3 Å². The number of rotatable bonds is 4. The van der Waals surface area contributed by atoms with Crippen molar-refractivity contribution in [2.75, 3.05) is 11.4 Å². The molecule has 8 heteroatoms. The second-order valence-corrected chi connectivity index (χ2v) is 10.2. The number of benzene rings is 2. The largest absolute Gasteiger partial charge is 0.330 e. The Balaban J connectivity index is 1.15. The van der Waals surface area contributed by atoms with E-state index in [2.05, 4.69) is 14.9 Å². The first kappa shape index (κ1) is 19.8. The lowest BCUT2D eigenvalue weighted by molar-refractivity contribution is 0.0736. The molecule has 2 aromatic heterocycles. The summed E-state index contributed by atoms with van der Waals surface area (Å²) in [5.74, 6) is 0.722. The number of carbonyl (C=O) groups excluding carboxylic acids is 1. The van der Waals surface area contributed by atoms with Gasteiger partial charge in [-0.25, -0.2) is 19.3 Å². The zero-order valence-electron chi connectivity index (χ0n) is 18.3. The molecule has 34 heavy (non-hydrogen) atoms. The highest BCUT2D eigenvalue weighted by molar-refractivity contribution is 7.15. The molecule has 4 unspecified atom stereocenters. The third-order valence-corrected chi connectivity index (χ3v) is 8.13. The van der Waals surface area contributed by atoms with Crippen LogP contribution in [-0.4, -0.2) is 50.4 Å². The van der Waals surface area contributed by atoms with Crippen LogP contribution in [0.1, 0.15) is 15.5 Å². The molecule has 2 aliphatic heterocycles. The van der Waals surface area contributed by atoms with E-state index in [0.29, 0.717) is 28.6 Å². The minimum absolute atomic E-state index is 0.110. The minimum Gasteiger partial charge on any atom is -0.330 e. The van der Waals surface area contributed by atoms with Gasteiger partial charge in [0.25, 0.3) is 5.91 Å². The van der Waals surface area contributed by atoms with Crippen molar-refractivity contribution in [1.82, 2.24) is 19.9 Å². The van der Waals surface area contributed by atoms with Gasteiger partial charge in [-0.1, -0.05) is 48.5 Å². The zero-order valence-corrected chi connectivity index (χ0v) is 19.1. The Hall–Kier alpha value is -3.65. The molecule has 0 radical (unpaired) electrons. The number of fused-ring (bicyclic) bond motifs is 1. The van der Waals surface area contributed by atoms with Gasteiger partial charge in [-0.3, -0.25) is 4.79 Å². The summed E-state index contributed by atoms with van der Waals surface area (Å²) in [7, 11) is 0. The number of nitrogens with zero attached hydrogens (tertiary/aromatic N) is 5. The van der Waals surface area contributed by atoms with Crippen LogP contribution in [0.3, 0.4) is 0 Å². The molecular formula is C26H20FN5OS. The van der Waals surface area contributed by atoms with Crippen LogP contribution in [-0.2, 0) is 0 Å². The van der Waals surface area contributed by atoms with Crippen LogP contribution in [0.2, 0.25) is 0 Å². The van der Waals surface area contributed by atoms with Crippen LogP contribution in [0.15, 0.2) is 66.9 Å². The van der Waals surface area contributed by atoms with Crippen LogP contribution in [0.25, 0.3) is 21.7 Å². The van der Waals surface area contributed by atoms with Gasteiger partial charge in [0, 0.05) is 29.8 Å². The van der Waals surface area contributed by atoms with Crippen LogP contribution < -0.4 is 4.90 Å².